The van der Waals surface area contributed by atoms with Crippen molar-refractivity contribution in [1.29, 1.82) is 0 Å². The molecule has 0 aliphatic rings. The van der Waals surface area contributed by atoms with E-state index in [2.05, 4.69) is 42.2 Å². The average molecular weight is 247 g/mol. The number of nitrogens with one attached hydrogen (secondary N) is 1. The lowest BCUT2D eigenvalue weighted by Gasteiger charge is -2.07. The first kappa shape index (κ1) is 10.5. The van der Waals surface area contributed by atoms with Gasteiger partial charge < -0.3 is 0 Å². The lowest BCUT2D eigenvalue weighted by atomic mass is 9.98. The number of H-pyrrole nitrogens is 1. The molecule has 19 heavy (non-hydrogen) atoms. The van der Waals surface area contributed by atoms with Gasteiger partial charge in [-0.3, -0.25) is 5.10 Å². The summed E-state index contributed by atoms with van der Waals surface area (Å²) >= 11 is 0. The average Bonchev–Trinajstić information content (AvgIpc) is 2.84. The van der Waals surface area contributed by atoms with E-state index in [4.69, 9.17) is 4.98 Å². The number of nitrogens with zero attached hydrogens (tertiary/aromatic N) is 2. The zero-order valence-electron chi connectivity index (χ0n) is 10.9. The van der Waals surface area contributed by atoms with Crippen molar-refractivity contribution >= 4 is 32.6 Å². The van der Waals surface area contributed by atoms with E-state index in [-0.39, 0.29) is 0 Å². The molecule has 0 saturated heterocycles. The summed E-state index contributed by atoms with van der Waals surface area (Å²) in [7, 11) is 0. The highest BCUT2D eigenvalue weighted by Crippen LogP contribution is 2.35. The predicted octanol–water partition coefficient (Wildman–Crippen LogP) is 3.88. The van der Waals surface area contributed by atoms with Crippen molar-refractivity contribution in [2.75, 3.05) is 0 Å². The molecule has 0 amide bonds. The van der Waals surface area contributed by atoms with Crippen molar-refractivity contribution in [2.24, 2.45) is 0 Å². The van der Waals surface area contributed by atoms with Crippen molar-refractivity contribution in [3.63, 3.8) is 0 Å². The second-order valence-electron chi connectivity index (χ2n) is 4.96. The van der Waals surface area contributed by atoms with Crippen LogP contribution in [-0.4, -0.2) is 15.2 Å². The Morgan fingerprint density at radius 2 is 1.79 bits per heavy atom. The van der Waals surface area contributed by atoms with Crippen LogP contribution >= 0.6 is 0 Å². The Labute approximate surface area is 110 Å². The maximum Gasteiger partial charge on any atom is 0.0755 e. The summed E-state index contributed by atoms with van der Waals surface area (Å²) in [6.07, 6.45) is 3.86. The van der Waals surface area contributed by atoms with Gasteiger partial charge in [-0.15, -0.1) is 0 Å². The lowest BCUT2D eigenvalue weighted by Crippen LogP contribution is -1.89. The van der Waals surface area contributed by atoms with Gasteiger partial charge in [0.05, 0.1) is 17.2 Å². The van der Waals surface area contributed by atoms with Gasteiger partial charge in [-0.1, -0.05) is 18.2 Å². The van der Waals surface area contributed by atoms with Crippen LogP contribution in [0.2, 0.25) is 0 Å². The monoisotopic (exact) mass is 247 g/mol. The Morgan fingerprint density at radius 3 is 2.68 bits per heavy atom. The molecule has 3 nitrogen and oxygen atoms in total. The van der Waals surface area contributed by atoms with Crippen LogP contribution < -0.4 is 0 Å². The van der Waals surface area contributed by atoms with Crippen LogP contribution in [0.15, 0.2) is 36.7 Å². The number of aromatic nitrogens is 3. The predicted molar refractivity (Wildman–Crippen MR) is 78.4 cm³/mol. The minimum atomic E-state index is 1.07. The summed E-state index contributed by atoms with van der Waals surface area (Å²) < 4.78 is 0. The maximum atomic E-state index is 4.79. The molecule has 0 unspecified atom stereocenters. The molecular formula is C16H13N3. The van der Waals surface area contributed by atoms with E-state index in [9.17, 15) is 0 Å². The fourth-order valence-corrected chi connectivity index (χ4v) is 2.96. The molecule has 4 aromatic rings. The quantitative estimate of drug-likeness (QED) is 0.512. The van der Waals surface area contributed by atoms with E-state index in [1.54, 1.807) is 0 Å². The van der Waals surface area contributed by atoms with Crippen molar-refractivity contribution in [2.45, 2.75) is 13.8 Å². The third-order valence-corrected chi connectivity index (χ3v) is 3.95. The molecule has 0 fully saturated rings. The topological polar surface area (TPSA) is 41.6 Å². The van der Waals surface area contributed by atoms with E-state index in [0.29, 0.717) is 0 Å². The third kappa shape index (κ3) is 1.27. The van der Waals surface area contributed by atoms with Crippen LogP contribution in [0.25, 0.3) is 32.6 Å². The van der Waals surface area contributed by atoms with Crippen LogP contribution in [0.1, 0.15) is 11.1 Å². The molecule has 92 valence electrons. The summed E-state index contributed by atoms with van der Waals surface area (Å²) in [6.45, 7) is 4.28. The third-order valence-electron chi connectivity index (χ3n) is 3.95. The molecule has 0 saturated carbocycles. The van der Waals surface area contributed by atoms with Crippen LogP contribution in [0.5, 0.6) is 0 Å². The molecule has 2 heterocycles. The first-order valence-corrected chi connectivity index (χ1v) is 6.37. The Hall–Kier alpha value is -2.42. The first-order chi connectivity index (χ1) is 9.27. The van der Waals surface area contributed by atoms with Gasteiger partial charge in [-0.25, -0.2) is 4.98 Å². The molecule has 0 atom stereocenters. The van der Waals surface area contributed by atoms with E-state index < -0.39 is 0 Å². The van der Waals surface area contributed by atoms with Gasteiger partial charge in [0.2, 0.25) is 0 Å². The molecular weight excluding hydrogens is 234 g/mol. The van der Waals surface area contributed by atoms with Gasteiger partial charge >= 0.3 is 0 Å². The SMILES string of the molecule is Cc1c2c[nH]ncc2c(C)c2c1nc1ccccc12. The van der Waals surface area contributed by atoms with E-state index in [0.717, 1.165) is 11.0 Å². The number of hydrogen-bond acceptors (Lipinski definition) is 2. The minimum absolute atomic E-state index is 1.07. The molecule has 0 aliphatic heterocycles. The molecule has 2 aromatic heterocycles. The zero-order chi connectivity index (χ0) is 13.0. The second-order valence-corrected chi connectivity index (χ2v) is 4.96. The van der Waals surface area contributed by atoms with E-state index in [1.807, 2.05) is 18.5 Å². The van der Waals surface area contributed by atoms with Crippen LogP contribution in [0, 0.1) is 13.8 Å². The highest BCUT2D eigenvalue weighted by Gasteiger charge is 2.14. The molecule has 0 aliphatic carbocycles. The highest BCUT2D eigenvalue weighted by atomic mass is 15.1. The number of fused-ring (bicyclic) bond motifs is 4. The lowest BCUT2D eigenvalue weighted by molar-refractivity contribution is 1.05. The Balaban J connectivity index is 2.39. The van der Waals surface area contributed by atoms with Crippen molar-refractivity contribution in [3.05, 3.63) is 47.8 Å². The summed E-state index contributed by atoms with van der Waals surface area (Å²) in [5.74, 6) is 0. The standard InChI is InChI=1S/C16H13N3/c1-9-12-7-17-18-8-13(12)10(2)16-15(9)11-5-3-4-6-14(11)19-16/h3-8,18H,1-2H3. The Bertz CT molecular complexity index is 935. The molecule has 0 bridgehead atoms. The molecule has 1 N–H and O–H groups in total. The van der Waals surface area contributed by atoms with Gasteiger partial charge in [0.15, 0.2) is 0 Å². The normalized spacial score (nSPS) is 11.7. The zero-order valence-corrected chi connectivity index (χ0v) is 10.9. The fourth-order valence-electron chi connectivity index (χ4n) is 2.96. The molecule has 2 aromatic carbocycles. The number of para-hydroxylation sites is 1. The van der Waals surface area contributed by atoms with E-state index >= 15 is 0 Å². The summed E-state index contributed by atoms with van der Waals surface area (Å²) in [5, 5.41) is 11.9. The molecule has 4 rings (SSSR count). The van der Waals surface area contributed by atoms with E-state index in [1.165, 1.54) is 32.7 Å². The molecule has 0 radical (unpaired) electrons. The molecule has 0 spiro atoms. The van der Waals surface area contributed by atoms with Gasteiger partial charge in [0.1, 0.15) is 0 Å². The second kappa shape index (κ2) is 3.54. The summed E-state index contributed by atoms with van der Waals surface area (Å²) in [4.78, 5) is 4.79. The van der Waals surface area contributed by atoms with Crippen LogP contribution in [0.4, 0.5) is 0 Å². The highest BCUT2D eigenvalue weighted by molar-refractivity contribution is 6.16. The van der Waals surface area contributed by atoms with Gasteiger partial charge in [0.25, 0.3) is 0 Å². The Kier molecular flexibility index (Phi) is 1.96. The molecule has 3 heteroatoms. The van der Waals surface area contributed by atoms with Crippen molar-refractivity contribution < 1.29 is 0 Å². The van der Waals surface area contributed by atoms with Crippen molar-refractivity contribution in [1.82, 2.24) is 15.2 Å². The fraction of sp³-hybridized carbons (Fsp3) is 0.125. The largest absolute Gasteiger partial charge is 0.285 e. The van der Waals surface area contributed by atoms with Gasteiger partial charge in [0, 0.05) is 27.7 Å². The number of hydrogen-bond donors (Lipinski definition) is 1. The Morgan fingerprint density at radius 1 is 0.947 bits per heavy atom. The summed E-state index contributed by atoms with van der Waals surface area (Å²) in [5.41, 5.74) is 4.64. The van der Waals surface area contributed by atoms with Gasteiger partial charge in [-0.05, 0) is 31.0 Å². The minimum Gasteiger partial charge on any atom is -0.285 e. The van der Waals surface area contributed by atoms with Crippen molar-refractivity contribution in [3.8, 4) is 0 Å². The van der Waals surface area contributed by atoms with Crippen LogP contribution in [0.3, 0.4) is 0 Å². The maximum absolute atomic E-state index is 4.79. The number of benzene rings is 2. The smallest absolute Gasteiger partial charge is 0.0755 e. The van der Waals surface area contributed by atoms with Crippen LogP contribution in [-0.2, 0) is 0 Å². The number of rotatable bonds is 0. The summed E-state index contributed by atoms with van der Waals surface area (Å²) in [6, 6.07) is 8.32. The van der Waals surface area contributed by atoms with Gasteiger partial charge in [-0.2, -0.15) is 5.10 Å². The first-order valence-electron chi connectivity index (χ1n) is 6.37. The number of aromatic amines is 1. The number of aryl methyl sites for hydroxylation is 2.